The molecule has 0 spiro atoms. The number of furan rings is 1. The van der Waals surface area contributed by atoms with Crippen LogP contribution < -0.4 is 10.1 Å². The Hall–Kier alpha value is -2.76. The number of amides is 2. The van der Waals surface area contributed by atoms with Gasteiger partial charge in [-0.05, 0) is 43.5 Å². The van der Waals surface area contributed by atoms with Crippen LogP contribution in [0.3, 0.4) is 0 Å². The van der Waals surface area contributed by atoms with Crippen LogP contribution in [0.25, 0.3) is 0 Å². The number of carbonyl (C=O) groups excluding carboxylic acids is 2. The highest BCUT2D eigenvalue weighted by Gasteiger charge is 2.25. The lowest BCUT2D eigenvalue weighted by Crippen LogP contribution is -2.46. The standard InChI is InChI=1S/C20H24N2O4/c23-19(9-5-14-25-17-6-2-1-3-7-17)21-16-10-12-22(13-11-16)20(24)18-8-4-15-26-18/h1-4,6-8,15-16H,5,9-14H2,(H,21,23). The molecule has 6 nitrogen and oxygen atoms in total. The van der Waals surface area contributed by atoms with Gasteiger partial charge in [0.25, 0.3) is 5.91 Å². The zero-order valence-corrected chi connectivity index (χ0v) is 14.7. The van der Waals surface area contributed by atoms with Gasteiger partial charge in [-0.15, -0.1) is 0 Å². The zero-order valence-electron chi connectivity index (χ0n) is 14.7. The maximum atomic E-state index is 12.2. The second-order valence-electron chi connectivity index (χ2n) is 6.38. The summed E-state index contributed by atoms with van der Waals surface area (Å²) in [6, 6.07) is 13.1. The second kappa shape index (κ2) is 9.08. The fraction of sp³-hybridized carbons (Fsp3) is 0.400. The Kier molecular flexibility index (Phi) is 6.30. The lowest BCUT2D eigenvalue weighted by molar-refractivity contribution is -0.122. The largest absolute Gasteiger partial charge is 0.494 e. The van der Waals surface area contributed by atoms with Gasteiger partial charge in [-0.2, -0.15) is 0 Å². The number of para-hydroxylation sites is 1. The highest BCUT2D eigenvalue weighted by Crippen LogP contribution is 2.15. The molecule has 0 saturated carbocycles. The Bertz CT molecular complexity index is 692. The summed E-state index contributed by atoms with van der Waals surface area (Å²) >= 11 is 0. The molecule has 26 heavy (non-hydrogen) atoms. The molecular weight excluding hydrogens is 332 g/mol. The third-order valence-corrected chi connectivity index (χ3v) is 4.44. The van der Waals surface area contributed by atoms with E-state index in [1.807, 2.05) is 30.3 Å². The molecule has 0 bridgehead atoms. The molecule has 0 unspecified atom stereocenters. The normalized spacial score (nSPS) is 14.8. The molecule has 0 aliphatic carbocycles. The molecule has 1 N–H and O–H groups in total. The number of carbonyl (C=O) groups is 2. The summed E-state index contributed by atoms with van der Waals surface area (Å²) in [5.74, 6) is 1.14. The molecule has 3 rings (SSSR count). The van der Waals surface area contributed by atoms with Crippen molar-refractivity contribution < 1.29 is 18.7 Å². The summed E-state index contributed by atoms with van der Waals surface area (Å²) in [6.45, 7) is 1.77. The van der Waals surface area contributed by atoms with Crippen molar-refractivity contribution >= 4 is 11.8 Å². The lowest BCUT2D eigenvalue weighted by atomic mass is 10.0. The summed E-state index contributed by atoms with van der Waals surface area (Å²) in [4.78, 5) is 26.0. The number of hydrogen-bond donors (Lipinski definition) is 1. The first-order valence-electron chi connectivity index (χ1n) is 9.02. The highest BCUT2D eigenvalue weighted by atomic mass is 16.5. The van der Waals surface area contributed by atoms with Crippen molar-refractivity contribution in [3.8, 4) is 5.75 Å². The van der Waals surface area contributed by atoms with Gasteiger partial charge >= 0.3 is 0 Å². The van der Waals surface area contributed by atoms with E-state index in [4.69, 9.17) is 9.15 Å². The van der Waals surface area contributed by atoms with E-state index >= 15 is 0 Å². The van der Waals surface area contributed by atoms with Gasteiger partial charge in [0.1, 0.15) is 5.75 Å². The Morgan fingerprint density at radius 2 is 1.88 bits per heavy atom. The van der Waals surface area contributed by atoms with E-state index in [-0.39, 0.29) is 17.9 Å². The van der Waals surface area contributed by atoms with Crippen LogP contribution in [-0.4, -0.2) is 42.5 Å². The maximum Gasteiger partial charge on any atom is 0.289 e. The molecule has 2 aromatic rings. The number of benzene rings is 1. The third kappa shape index (κ3) is 5.12. The van der Waals surface area contributed by atoms with Gasteiger partial charge in [-0.25, -0.2) is 0 Å². The van der Waals surface area contributed by atoms with Crippen molar-refractivity contribution in [1.29, 1.82) is 0 Å². The maximum absolute atomic E-state index is 12.2. The predicted molar refractivity (Wildman–Crippen MR) is 96.9 cm³/mol. The molecule has 1 aliphatic rings. The second-order valence-corrected chi connectivity index (χ2v) is 6.38. The van der Waals surface area contributed by atoms with Crippen LogP contribution in [0.15, 0.2) is 53.1 Å². The third-order valence-electron chi connectivity index (χ3n) is 4.44. The number of likely N-dealkylation sites (tertiary alicyclic amines) is 1. The number of hydrogen-bond acceptors (Lipinski definition) is 4. The minimum atomic E-state index is -0.0853. The molecule has 0 radical (unpaired) electrons. The first-order valence-corrected chi connectivity index (χ1v) is 9.02. The first-order chi connectivity index (χ1) is 12.7. The van der Waals surface area contributed by atoms with Gasteiger partial charge in [0.05, 0.1) is 12.9 Å². The number of nitrogens with zero attached hydrogens (tertiary/aromatic N) is 1. The first kappa shape index (κ1) is 18.0. The number of rotatable bonds is 7. The SMILES string of the molecule is O=C(CCCOc1ccccc1)NC1CCN(C(=O)c2ccco2)CC1. The number of ether oxygens (including phenoxy) is 1. The number of piperidine rings is 1. The monoisotopic (exact) mass is 356 g/mol. The van der Waals surface area contributed by atoms with Crippen LogP contribution >= 0.6 is 0 Å². The summed E-state index contributed by atoms with van der Waals surface area (Å²) in [6.07, 6.45) is 4.15. The minimum absolute atomic E-state index is 0.0393. The molecule has 1 saturated heterocycles. The van der Waals surface area contributed by atoms with E-state index in [0.717, 1.165) is 18.6 Å². The topological polar surface area (TPSA) is 71.8 Å². The average Bonchev–Trinajstić information content (AvgIpc) is 3.21. The van der Waals surface area contributed by atoms with Crippen molar-refractivity contribution in [3.05, 3.63) is 54.5 Å². The summed E-state index contributed by atoms with van der Waals surface area (Å²) in [7, 11) is 0. The Labute approximate surface area is 153 Å². The van der Waals surface area contributed by atoms with Gasteiger partial charge in [0.15, 0.2) is 5.76 Å². The van der Waals surface area contributed by atoms with E-state index in [1.54, 1.807) is 17.0 Å². The Morgan fingerprint density at radius 1 is 1.12 bits per heavy atom. The molecule has 2 heterocycles. The van der Waals surface area contributed by atoms with Crippen molar-refractivity contribution in [2.45, 2.75) is 31.7 Å². The van der Waals surface area contributed by atoms with Crippen LogP contribution in [0.1, 0.15) is 36.2 Å². The van der Waals surface area contributed by atoms with Gasteiger partial charge in [-0.1, -0.05) is 18.2 Å². The Balaban J connectivity index is 1.31. The molecule has 1 aromatic heterocycles. The van der Waals surface area contributed by atoms with E-state index in [1.165, 1.54) is 6.26 Å². The van der Waals surface area contributed by atoms with E-state index in [2.05, 4.69) is 5.32 Å². The molecular formula is C20H24N2O4. The van der Waals surface area contributed by atoms with Crippen LogP contribution in [-0.2, 0) is 4.79 Å². The Morgan fingerprint density at radius 3 is 2.58 bits per heavy atom. The smallest absolute Gasteiger partial charge is 0.289 e. The summed E-state index contributed by atoms with van der Waals surface area (Å²) < 4.78 is 10.7. The predicted octanol–water partition coefficient (Wildman–Crippen LogP) is 2.86. The van der Waals surface area contributed by atoms with E-state index in [9.17, 15) is 9.59 Å². The van der Waals surface area contributed by atoms with E-state index in [0.29, 0.717) is 38.3 Å². The van der Waals surface area contributed by atoms with Crippen LogP contribution in [0, 0.1) is 0 Å². The van der Waals surface area contributed by atoms with Gasteiger partial charge in [-0.3, -0.25) is 9.59 Å². The lowest BCUT2D eigenvalue weighted by Gasteiger charge is -2.31. The zero-order chi connectivity index (χ0) is 18.2. The molecule has 1 aliphatic heterocycles. The molecule has 1 fully saturated rings. The molecule has 138 valence electrons. The van der Waals surface area contributed by atoms with Gasteiger partial charge in [0, 0.05) is 25.6 Å². The van der Waals surface area contributed by atoms with E-state index < -0.39 is 0 Å². The van der Waals surface area contributed by atoms with Crippen molar-refractivity contribution in [3.63, 3.8) is 0 Å². The molecule has 2 amide bonds. The fourth-order valence-electron chi connectivity index (χ4n) is 3.02. The van der Waals surface area contributed by atoms with Crippen LogP contribution in [0.4, 0.5) is 0 Å². The van der Waals surface area contributed by atoms with Crippen molar-refractivity contribution in [2.75, 3.05) is 19.7 Å². The van der Waals surface area contributed by atoms with Gasteiger partial charge < -0.3 is 19.4 Å². The average molecular weight is 356 g/mol. The molecule has 6 heteroatoms. The van der Waals surface area contributed by atoms with Crippen LogP contribution in [0.5, 0.6) is 5.75 Å². The van der Waals surface area contributed by atoms with Gasteiger partial charge in [0.2, 0.25) is 5.91 Å². The minimum Gasteiger partial charge on any atom is -0.494 e. The van der Waals surface area contributed by atoms with Crippen molar-refractivity contribution in [1.82, 2.24) is 10.2 Å². The molecule has 1 aromatic carbocycles. The van der Waals surface area contributed by atoms with Crippen LogP contribution in [0.2, 0.25) is 0 Å². The molecule has 0 atom stereocenters. The van der Waals surface area contributed by atoms with Crippen molar-refractivity contribution in [2.24, 2.45) is 0 Å². The summed E-state index contributed by atoms with van der Waals surface area (Å²) in [5.41, 5.74) is 0. The number of nitrogens with one attached hydrogen (secondary N) is 1. The summed E-state index contributed by atoms with van der Waals surface area (Å²) in [5, 5.41) is 3.06. The quantitative estimate of drug-likeness (QED) is 0.775. The highest BCUT2D eigenvalue weighted by molar-refractivity contribution is 5.91. The fourth-order valence-corrected chi connectivity index (χ4v) is 3.02.